The summed E-state index contributed by atoms with van der Waals surface area (Å²) >= 11 is 0. The monoisotopic (exact) mass is 153 g/mol. The molecule has 0 bridgehead atoms. The minimum atomic E-state index is -0.515. The van der Waals surface area contributed by atoms with Gasteiger partial charge in [-0.25, -0.2) is 4.79 Å². The molecule has 0 aromatic carbocycles. The van der Waals surface area contributed by atoms with Gasteiger partial charge in [-0.1, -0.05) is 6.07 Å². The van der Waals surface area contributed by atoms with E-state index in [1.54, 1.807) is 12.1 Å². The second-order valence-corrected chi connectivity index (χ2v) is 1.95. The highest BCUT2D eigenvalue weighted by atomic mass is 16.7. The van der Waals surface area contributed by atoms with Crippen LogP contribution in [0.1, 0.15) is 6.92 Å². The van der Waals surface area contributed by atoms with Crippen LogP contribution in [-0.4, -0.2) is 10.7 Å². The van der Waals surface area contributed by atoms with Crippen LogP contribution in [0.3, 0.4) is 0 Å². The van der Waals surface area contributed by atoms with E-state index in [4.69, 9.17) is 0 Å². The molecule has 0 aliphatic carbocycles. The summed E-state index contributed by atoms with van der Waals surface area (Å²) in [5, 5.41) is 0. The molecule has 0 fully saturated rings. The molecule has 1 aromatic heterocycles. The summed E-state index contributed by atoms with van der Waals surface area (Å²) in [5.74, 6) is -0.515. The van der Waals surface area contributed by atoms with E-state index in [0.717, 1.165) is 4.73 Å². The van der Waals surface area contributed by atoms with Crippen molar-refractivity contribution in [2.75, 3.05) is 0 Å². The van der Waals surface area contributed by atoms with Crippen LogP contribution in [0.25, 0.3) is 0 Å². The van der Waals surface area contributed by atoms with Gasteiger partial charge in [-0.3, -0.25) is 4.79 Å². The van der Waals surface area contributed by atoms with Crippen LogP contribution in [0, 0.1) is 0 Å². The number of rotatable bonds is 1. The Morgan fingerprint density at radius 3 is 2.82 bits per heavy atom. The molecule has 11 heavy (non-hydrogen) atoms. The molecule has 1 aromatic rings. The Morgan fingerprint density at radius 2 is 2.27 bits per heavy atom. The molecule has 0 amide bonds. The number of nitrogens with zero attached hydrogens (tertiary/aromatic N) is 1. The van der Waals surface area contributed by atoms with Crippen LogP contribution >= 0.6 is 0 Å². The van der Waals surface area contributed by atoms with Crippen molar-refractivity contribution < 1.29 is 9.63 Å². The number of pyridine rings is 1. The van der Waals surface area contributed by atoms with E-state index < -0.39 is 5.97 Å². The summed E-state index contributed by atoms with van der Waals surface area (Å²) in [6.45, 7) is 1.24. The minimum Gasteiger partial charge on any atom is -0.334 e. The molecule has 0 radical (unpaired) electrons. The highest BCUT2D eigenvalue weighted by Gasteiger charge is 1.95. The fraction of sp³-hybridized carbons (Fsp3) is 0.143. The van der Waals surface area contributed by atoms with E-state index in [0.29, 0.717) is 0 Å². The molecule has 0 saturated heterocycles. The zero-order chi connectivity index (χ0) is 8.27. The highest BCUT2D eigenvalue weighted by Crippen LogP contribution is 1.77. The Labute approximate surface area is 63.0 Å². The fourth-order valence-electron chi connectivity index (χ4n) is 0.627. The van der Waals surface area contributed by atoms with E-state index in [2.05, 4.69) is 4.84 Å². The maximum Gasteiger partial charge on any atom is 0.330 e. The maximum absolute atomic E-state index is 10.8. The van der Waals surface area contributed by atoms with Gasteiger partial charge in [0.05, 0.1) is 0 Å². The molecule has 0 aliphatic rings. The molecular weight excluding hydrogens is 146 g/mol. The summed E-state index contributed by atoms with van der Waals surface area (Å²) < 4.78 is 0.877. The lowest BCUT2D eigenvalue weighted by Crippen LogP contribution is -2.27. The Bertz CT molecular complexity index is 315. The fourth-order valence-corrected chi connectivity index (χ4v) is 0.627. The summed E-state index contributed by atoms with van der Waals surface area (Å²) in [6.07, 6.45) is 1.38. The first-order chi connectivity index (χ1) is 5.20. The average Bonchev–Trinajstić information content (AvgIpc) is 1.93. The summed E-state index contributed by atoms with van der Waals surface area (Å²) in [5.41, 5.74) is -0.359. The molecular formula is C7H7NO3. The first kappa shape index (κ1) is 7.53. The molecule has 4 nitrogen and oxygen atoms in total. The Kier molecular flexibility index (Phi) is 2.06. The van der Waals surface area contributed by atoms with Gasteiger partial charge < -0.3 is 4.84 Å². The zero-order valence-electron chi connectivity index (χ0n) is 5.98. The topological polar surface area (TPSA) is 48.3 Å². The molecule has 1 heterocycles. The smallest absolute Gasteiger partial charge is 0.330 e. The molecule has 0 aliphatic heterocycles. The molecule has 0 atom stereocenters. The van der Waals surface area contributed by atoms with Crippen molar-refractivity contribution in [2.45, 2.75) is 6.92 Å². The molecule has 0 N–H and O–H groups in total. The average molecular weight is 153 g/mol. The van der Waals surface area contributed by atoms with Crippen LogP contribution in [-0.2, 0) is 4.79 Å². The second-order valence-electron chi connectivity index (χ2n) is 1.95. The van der Waals surface area contributed by atoms with Crippen molar-refractivity contribution in [3.8, 4) is 0 Å². The van der Waals surface area contributed by atoms with Crippen molar-refractivity contribution in [3.05, 3.63) is 34.7 Å². The van der Waals surface area contributed by atoms with Crippen LogP contribution in [0.15, 0.2) is 29.2 Å². The van der Waals surface area contributed by atoms with Crippen LogP contribution in [0.4, 0.5) is 0 Å². The Hall–Kier alpha value is -1.58. The van der Waals surface area contributed by atoms with Crippen molar-refractivity contribution in [2.24, 2.45) is 0 Å². The van der Waals surface area contributed by atoms with Gasteiger partial charge >= 0.3 is 5.97 Å². The van der Waals surface area contributed by atoms with Crippen molar-refractivity contribution >= 4 is 5.97 Å². The predicted molar refractivity (Wildman–Crippen MR) is 38.0 cm³/mol. The normalized spacial score (nSPS) is 9.18. The maximum atomic E-state index is 10.8. The third-order valence-electron chi connectivity index (χ3n) is 1.02. The molecule has 0 spiro atoms. The number of carbonyl (C=O) groups is 1. The lowest BCUT2D eigenvalue weighted by atomic mass is 10.5. The van der Waals surface area contributed by atoms with Crippen LogP contribution < -0.4 is 10.4 Å². The zero-order valence-corrected chi connectivity index (χ0v) is 5.98. The van der Waals surface area contributed by atoms with Gasteiger partial charge in [-0.05, 0) is 6.07 Å². The number of hydrogen-bond donors (Lipinski definition) is 0. The molecule has 0 unspecified atom stereocenters. The summed E-state index contributed by atoms with van der Waals surface area (Å²) in [7, 11) is 0. The Balaban J connectivity index is 2.95. The van der Waals surface area contributed by atoms with E-state index in [1.807, 2.05) is 0 Å². The van der Waals surface area contributed by atoms with Gasteiger partial charge in [-0.2, -0.15) is 0 Å². The highest BCUT2D eigenvalue weighted by molar-refractivity contribution is 5.66. The van der Waals surface area contributed by atoms with Gasteiger partial charge in [0, 0.05) is 19.2 Å². The third kappa shape index (κ3) is 1.93. The first-order valence-corrected chi connectivity index (χ1v) is 3.07. The first-order valence-electron chi connectivity index (χ1n) is 3.07. The molecule has 0 saturated carbocycles. The minimum absolute atomic E-state index is 0.359. The van der Waals surface area contributed by atoms with Crippen LogP contribution in [0.2, 0.25) is 0 Å². The number of carbonyl (C=O) groups excluding carboxylic acids is 1. The van der Waals surface area contributed by atoms with Crippen molar-refractivity contribution in [1.82, 2.24) is 4.73 Å². The van der Waals surface area contributed by atoms with Gasteiger partial charge in [-0.15, -0.1) is 4.73 Å². The molecule has 1 rings (SSSR count). The van der Waals surface area contributed by atoms with Crippen LogP contribution in [0.5, 0.6) is 0 Å². The Morgan fingerprint density at radius 1 is 1.55 bits per heavy atom. The second kappa shape index (κ2) is 3.01. The quantitative estimate of drug-likeness (QED) is 0.562. The SMILES string of the molecule is CC(=O)On1ccccc1=O. The summed E-state index contributed by atoms with van der Waals surface area (Å²) in [6, 6.07) is 4.48. The van der Waals surface area contributed by atoms with Crippen molar-refractivity contribution in [1.29, 1.82) is 0 Å². The molecule has 58 valence electrons. The van der Waals surface area contributed by atoms with E-state index in [-0.39, 0.29) is 5.56 Å². The van der Waals surface area contributed by atoms with E-state index >= 15 is 0 Å². The third-order valence-corrected chi connectivity index (χ3v) is 1.02. The van der Waals surface area contributed by atoms with E-state index in [1.165, 1.54) is 19.2 Å². The lowest BCUT2D eigenvalue weighted by molar-refractivity contribution is -0.141. The van der Waals surface area contributed by atoms with Crippen molar-refractivity contribution in [3.63, 3.8) is 0 Å². The van der Waals surface area contributed by atoms with E-state index in [9.17, 15) is 9.59 Å². The van der Waals surface area contributed by atoms with Gasteiger partial charge in [0.15, 0.2) is 0 Å². The van der Waals surface area contributed by atoms with Gasteiger partial charge in [0.25, 0.3) is 5.56 Å². The lowest BCUT2D eigenvalue weighted by Gasteiger charge is -2.00. The number of hydrogen-bond acceptors (Lipinski definition) is 3. The molecule has 4 heteroatoms. The standard InChI is InChI=1S/C7H7NO3/c1-6(9)11-8-5-3-2-4-7(8)10/h2-5H,1H3. The summed E-state index contributed by atoms with van der Waals surface area (Å²) in [4.78, 5) is 25.7. The van der Waals surface area contributed by atoms with Gasteiger partial charge in [0.2, 0.25) is 0 Å². The largest absolute Gasteiger partial charge is 0.334 e. The predicted octanol–water partition coefficient (Wildman–Crippen LogP) is -0.177. The number of aromatic nitrogens is 1. The van der Waals surface area contributed by atoms with Gasteiger partial charge in [0.1, 0.15) is 0 Å².